The van der Waals surface area contributed by atoms with Crippen molar-refractivity contribution in [2.24, 2.45) is 5.92 Å². The Labute approximate surface area is 204 Å². The van der Waals surface area contributed by atoms with Crippen LogP contribution in [0.15, 0.2) is 70.1 Å². The van der Waals surface area contributed by atoms with Crippen molar-refractivity contribution in [2.45, 2.75) is 13.8 Å². The van der Waals surface area contributed by atoms with Gasteiger partial charge < -0.3 is 29.1 Å². The molecule has 0 saturated carbocycles. The van der Waals surface area contributed by atoms with E-state index in [9.17, 15) is 4.79 Å². The standard InChI is InChI=1S/C26H29N5O4/c1-17(2)12-27-15-25(32)31(3)21-8-6-5-7-19(21)24-14-29-26(35-24)30-18-9-10-20(22(11-18)33-4)23-13-28-16-34-23/h5-11,13-14,16-17,27H,12,15H2,1-4H3,(H,29,30). The van der Waals surface area contributed by atoms with Crippen LogP contribution in [0.25, 0.3) is 22.6 Å². The third-order valence-electron chi connectivity index (χ3n) is 5.39. The van der Waals surface area contributed by atoms with Crippen molar-refractivity contribution in [3.05, 3.63) is 61.3 Å². The van der Waals surface area contributed by atoms with Crippen LogP contribution in [0.4, 0.5) is 17.4 Å². The summed E-state index contributed by atoms with van der Waals surface area (Å²) in [5, 5.41) is 6.35. The lowest BCUT2D eigenvalue weighted by atomic mass is 10.1. The number of carbonyl (C=O) groups excluding carboxylic acids is 1. The van der Waals surface area contributed by atoms with E-state index in [1.807, 2.05) is 42.5 Å². The molecule has 4 aromatic rings. The Morgan fingerprint density at radius 1 is 1.11 bits per heavy atom. The number of anilines is 3. The second-order valence-corrected chi connectivity index (χ2v) is 8.43. The Hall–Kier alpha value is -4.11. The molecular weight excluding hydrogens is 446 g/mol. The fourth-order valence-corrected chi connectivity index (χ4v) is 3.60. The molecule has 2 aromatic carbocycles. The van der Waals surface area contributed by atoms with Gasteiger partial charge in [0.1, 0.15) is 5.75 Å². The molecule has 0 aliphatic heterocycles. The van der Waals surface area contributed by atoms with Crippen LogP contribution in [0, 0.1) is 5.92 Å². The predicted molar refractivity (Wildman–Crippen MR) is 135 cm³/mol. The zero-order valence-corrected chi connectivity index (χ0v) is 20.2. The number of hydrogen-bond acceptors (Lipinski definition) is 8. The summed E-state index contributed by atoms with van der Waals surface area (Å²) in [7, 11) is 3.35. The van der Waals surface area contributed by atoms with Gasteiger partial charge in [0.25, 0.3) is 6.01 Å². The first-order valence-electron chi connectivity index (χ1n) is 11.3. The summed E-state index contributed by atoms with van der Waals surface area (Å²) in [5.74, 6) is 2.22. The molecule has 2 heterocycles. The monoisotopic (exact) mass is 475 g/mol. The molecule has 35 heavy (non-hydrogen) atoms. The molecule has 0 spiro atoms. The molecule has 0 fully saturated rings. The first kappa shape index (κ1) is 24.0. The predicted octanol–water partition coefficient (Wildman–Crippen LogP) is 4.96. The molecule has 0 bridgehead atoms. The van der Waals surface area contributed by atoms with Crippen molar-refractivity contribution >= 4 is 23.3 Å². The van der Waals surface area contributed by atoms with E-state index in [4.69, 9.17) is 13.6 Å². The van der Waals surface area contributed by atoms with Crippen LogP contribution in [0.2, 0.25) is 0 Å². The molecule has 0 radical (unpaired) electrons. The van der Waals surface area contributed by atoms with Gasteiger partial charge in [0.15, 0.2) is 17.9 Å². The number of amides is 1. The van der Waals surface area contributed by atoms with E-state index in [-0.39, 0.29) is 12.5 Å². The van der Waals surface area contributed by atoms with Crippen LogP contribution < -0.4 is 20.3 Å². The van der Waals surface area contributed by atoms with Crippen molar-refractivity contribution in [1.29, 1.82) is 0 Å². The van der Waals surface area contributed by atoms with E-state index in [1.54, 1.807) is 31.5 Å². The number of para-hydroxylation sites is 1. The minimum atomic E-state index is -0.0325. The minimum Gasteiger partial charge on any atom is -0.496 e. The number of hydrogen-bond donors (Lipinski definition) is 2. The number of carbonyl (C=O) groups is 1. The zero-order valence-electron chi connectivity index (χ0n) is 20.2. The van der Waals surface area contributed by atoms with Gasteiger partial charge in [-0.2, -0.15) is 0 Å². The third kappa shape index (κ3) is 5.70. The Morgan fingerprint density at radius 3 is 2.69 bits per heavy atom. The molecule has 182 valence electrons. The van der Waals surface area contributed by atoms with Crippen LogP contribution in [0.5, 0.6) is 5.75 Å². The molecule has 0 atom stereocenters. The Balaban J connectivity index is 1.51. The number of methoxy groups -OCH3 is 1. The van der Waals surface area contributed by atoms with Crippen LogP contribution in [-0.2, 0) is 4.79 Å². The van der Waals surface area contributed by atoms with Crippen LogP contribution in [0.3, 0.4) is 0 Å². The average Bonchev–Trinajstić information content (AvgIpc) is 3.56. The lowest BCUT2D eigenvalue weighted by Crippen LogP contribution is -2.37. The summed E-state index contributed by atoms with van der Waals surface area (Å²) in [4.78, 5) is 22.7. The van der Waals surface area contributed by atoms with E-state index in [2.05, 4.69) is 34.4 Å². The molecular formula is C26H29N5O4. The molecule has 2 aromatic heterocycles. The number of benzene rings is 2. The van der Waals surface area contributed by atoms with Gasteiger partial charge in [-0.3, -0.25) is 4.79 Å². The molecule has 9 nitrogen and oxygen atoms in total. The van der Waals surface area contributed by atoms with E-state index in [1.165, 1.54) is 6.39 Å². The van der Waals surface area contributed by atoms with Gasteiger partial charge >= 0.3 is 0 Å². The van der Waals surface area contributed by atoms with Crippen molar-refractivity contribution in [3.63, 3.8) is 0 Å². The lowest BCUT2D eigenvalue weighted by molar-refractivity contribution is -0.117. The van der Waals surface area contributed by atoms with Gasteiger partial charge in [0.2, 0.25) is 5.91 Å². The Kier molecular flexibility index (Phi) is 7.47. The van der Waals surface area contributed by atoms with Crippen LogP contribution in [0.1, 0.15) is 13.8 Å². The van der Waals surface area contributed by atoms with Gasteiger partial charge in [-0.25, -0.2) is 9.97 Å². The van der Waals surface area contributed by atoms with Gasteiger partial charge in [-0.15, -0.1) is 0 Å². The largest absolute Gasteiger partial charge is 0.496 e. The highest BCUT2D eigenvalue weighted by atomic mass is 16.5. The summed E-state index contributed by atoms with van der Waals surface area (Å²) in [6.07, 6.45) is 4.64. The van der Waals surface area contributed by atoms with E-state index < -0.39 is 0 Å². The first-order chi connectivity index (χ1) is 17.0. The summed E-state index contributed by atoms with van der Waals surface area (Å²) in [6, 6.07) is 13.5. The highest BCUT2D eigenvalue weighted by Crippen LogP contribution is 2.35. The number of rotatable bonds is 10. The minimum absolute atomic E-state index is 0.0325. The highest BCUT2D eigenvalue weighted by molar-refractivity contribution is 5.97. The molecule has 2 N–H and O–H groups in total. The van der Waals surface area contributed by atoms with Crippen molar-refractivity contribution in [2.75, 3.05) is 37.5 Å². The normalized spacial score (nSPS) is 11.0. The second-order valence-electron chi connectivity index (χ2n) is 8.43. The fourth-order valence-electron chi connectivity index (χ4n) is 3.60. The SMILES string of the molecule is COc1cc(Nc2ncc(-c3ccccc3N(C)C(=O)CNCC(C)C)o2)ccc1-c1cnco1. The van der Waals surface area contributed by atoms with Crippen LogP contribution >= 0.6 is 0 Å². The smallest absolute Gasteiger partial charge is 0.299 e. The quantitative estimate of drug-likeness (QED) is 0.332. The highest BCUT2D eigenvalue weighted by Gasteiger charge is 2.18. The lowest BCUT2D eigenvalue weighted by Gasteiger charge is -2.20. The maximum absolute atomic E-state index is 12.7. The van der Waals surface area contributed by atoms with E-state index in [0.29, 0.717) is 29.2 Å². The van der Waals surface area contributed by atoms with Crippen LogP contribution in [-0.4, -0.2) is 43.1 Å². The van der Waals surface area contributed by atoms with Gasteiger partial charge in [-0.1, -0.05) is 26.0 Å². The van der Waals surface area contributed by atoms with E-state index in [0.717, 1.165) is 29.0 Å². The zero-order chi connectivity index (χ0) is 24.8. The summed E-state index contributed by atoms with van der Waals surface area (Å²) in [5.41, 5.74) is 3.03. The molecule has 9 heteroatoms. The summed E-state index contributed by atoms with van der Waals surface area (Å²) >= 11 is 0. The molecule has 0 unspecified atom stereocenters. The van der Waals surface area contributed by atoms with E-state index >= 15 is 0 Å². The molecule has 0 aliphatic carbocycles. The first-order valence-corrected chi connectivity index (χ1v) is 11.3. The number of ether oxygens (including phenoxy) is 1. The number of likely N-dealkylation sites (N-methyl/N-ethyl adjacent to an activating group) is 1. The molecule has 0 aliphatic rings. The number of aromatic nitrogens is 2. The van der Waals surface area contributed by atoms with Gasteiger partial charge in [-0.05, 0) is 36.7 Å². The number of nitrogens with zero attached hydrogens (tertiary/aromatic N) is 3. The summed E-state index contributed by atoms with van der Waals surface area (Å²) < 4.78 is 16.9. The Morgan fingerprint density at radius 2 is 1.94 bits per heavy atom. The summed E-state index contributed by atoms with van der Waals surface area (Å²) in [6.45, 7) is 5.25. The topological polar surface area (TPSA) is 106 Å². The van der Waals surface area contributed by atoms with Crippen molar-refractivity contribution in [3.8, 4) is 28.4 Å². The molecule has 0 saturated heterocycles. The Bertz CT molecular complexity index is 1270. The third-order valence-corrected chi connectivity index (χ3v) is 5.39. The average molecular weight is 476 g/mol. The molecule has 1 amide bonds. The van der Waals surface area contributed by atoms with Crippen molar-refractivity contribution in [1.82, 2.24) is 15.3 Å². The fraction of sp³-hybridized carbons (Fsp3) is 0.269. The number of oxazole rings is 2. The maximum Gasteiger partial charge on any atom is 0.299 e. The maximum atomic E-state index is 12.7. The molecule has 4 rings (SSSR count). The van der Waals surface area contributed by atoms with Crippen molar-refractivity contribution < 1.29 is 18.4 Å². The van der Waals surface area contributed by atoms with Gasteiger partial charge in [0.05, 0.1) is 37.3 Å². The second kappa shape index (κ2) is 10.9. The van der Waals surface area contributed by atoms with Gasteiger partial charge in [0, 0.05) is 24.4 Å². The number of nitrogens with one attached hydrogen (secondary N) is 2.